The summed E-state index contributed by atoms with van der Waals surface area (Å²) in [5.74, 6) is 0. The summed E-state index contributed by atoms with van der Waals surface area (Å²) in [4.78, 5) is 0.758. The molecular formula is C11H12ClNO2S. The van der Waals surface area contributed by atoms with Crippen LogP contribution in [0.2, 0.25) is 5.02 Å². The highest BCUT2D eigenvalue weighted by Crippen LogP contribution is 2.44. The minimum atomic E-state index is -0.765. The molecule has 1 aromatic heterocycles. The van der Waals surface area contributed by atoms with Gasteiger partial charge in [-0.05, 0) is 18.9 Å². The molecule has 1 aliphatic heterocycles. The molecule has 2 heterocycles. The number of hydrogen-bond donors (Lipinski definition) is 1. The predicted octanol–water partition coefficient (Wildman–Crippen LogP) is 2.76. The van der Waals surface area contributed by atoms with E-state index in [1.807, 2.05) is 0 Å². The van der Waals surface area contributed by atoms with Crippen molar-refractivity contribution in [3.63, 3.8) is 0 Å². The second-order valence-corrected chi connectivity index (χ2v) is 5.33. The molecule has 0 radical (unpaired) electrons. The van der Waals surface area contributed by atoms with Gasteiger partial charge in [0.05, 0.1) is 16.5 Å². The van der Waals surface area contributed by atoms with Gasteiger partial charge in [-0.15, -0.1) is 11.3 Å². The first-order valence-electron chi connectivity index (χ1n) is 5.09. The van der Waals surface area contributed by atoms with Gasteiger partial charge in [-0.2, -0.15) is 5.26 Å². The Morgan fingerprint density at radius 3 is 2.75 bits per heavy atom. The molecule has 5 heteroatoms. The van der Waals surface area contributed by atoms with Crippen LogP contribution in [0.1, 0.15) is 23.8 Å². The lowest BCUT2D eigenvalue weighted by atomic mass is 9.76. The quantitative estimate of drug-likeness (QED) is 0.886. The highest BCUT2D eigenvalue weighted by Gasteiger charge is 2.41. The number of aliphatic hydroxyl groups is 1. The van der Waals surface area contributed by atoms with Gasteiger partial charge < -0.3 is 9.84 Å². The molecule has 2 rings (SSSR count). The van der Waals surface area contributed by atoms with Gasteiger partial charge in [-0.3, -0.25) is 0 Å². The summed E-state index contributed by atoms with van der Waals surface area (Å²) in [6.45, 7) is 1.06. The molecule has 16 heavy (non-hydrogen) atoms. The van der Waals surface area contributed by atoms with Crippen LogP contribution >= 0.6 is 22.9 Å². The first-order valence-corrected chi connectivity index (χ1v) is 6.35. The Labute approximate surface area is 103 Å². The number of halogens is 1. The Bertz CT molecular complexity index is 406. The van der Waals surface area contributed by atoms with E-state index in [-0.39, 0.29) is 0 Å². The maximum atomic E-state index is 10.3. The largest absolute Gasteiger partial charge is 0.386 e. The van der Waals surface area contributed by atoms with E-state index >= 15 is 0 Å². The first-order chi connectivity index (χ1) is 7.68. The number of thiophene rings is 1. The molecule has 0 saturated carbocycles. The van der Waals surface area contributed by atoms with Crippen LogP contribution in [0.25, 0.3) is 0 Å². The number of nitriles is 1. The zero-order chi connectivity index (χ0) is 11.6. The Kier molecular flexibility index (Phi) is 3.50. The number of rotatable bonds is 2. The second-order valence-electron chi connectivity index (χ2n) is 3.95. The van der Waals surface area contributed by atoms with E-state index in [0.717, 1.165) is 4.88 Å². The van der Waals surface area contributed by atoms with Crippen molar-refractivity contribution in [3.05, 3.63) is 21.3 Å². The Morgan fingerprint density at radius 1 is 1.56 bits per heavy atom. The van der Waals surface area contributed by atoms with Crippen LogP contribution in [0, 0.1) is 16.7 Å². The van der Waals surface area contributed by atoms with Crippen LogP contribution in [-0.4, -0.2) is 18.3 Å². The minimum Gasteiger partial charge on any atom is -0.386 e. The van der Waals surface area contributed by atoms with Gasteiger partial charge >= 0.3 is 0 Å². The second kappa shape index (κ2) is 4.72. The van der Waals surface area contributed by atoms with E-state index < -0.39 is 11.5 Å². The van der Waals surface area contributed by atoms with Crippen LogP contribution in [-0.2, 0) is 4.74 Å². The van der Waals surface area contributed by atoms with Gasteiger partial charge in [0.15, 0.2) is 0 Å². The number of aliphatic hydroxyl groups excluding tert-OH is 1. The average Bonchev–Trinajstić information content (AvgIpc) is 2.76. The van der Waals surface area contributed by atoms with Crippen LogP contribution in [0.15, 0.2) is 11.4 Å². The molecular weight excluding hydrogens is 246 g/mol. The molecule has 1 atom stereocenters. The normalized spacial score (nSPS) is 21.3. The van der Waals surface area contributed by atoms with Crippen molar-refractivity contribution in [2.75, 3.05) is 13.2 Å². The SMILES string of the molecule is N#CC1(C(O)c2cc(Cl)cs2)CCOCC1. The Balaban J connectivity index is 2.24. The highest BCUT2D eigenvalue weighted by atomic mass is 35.5. The van der Waals surface area contributed by atoms with Crippen LogP contribution in [0.3, 0.4) is 0 Å². The van der Waals surface area contributed by atoms with E-state index in [4.69, 9.17) is 16.3 Å². The molecule has 0 amide bonds. The Morgan fingerprint density at radius 2 is 2.25 bits per heavy atom. The molecule has 1 saturated heterocycles. The lowest BCUT2D eigenvalue weighted by Crippen LogP contribution is -2.33. The molecule has 3 nitrogen and oxygen atoms in total. The predicted molar refractivity (Wildman–Crippen MR) is 62.4 cm³/mol. The van der Waals surface area contributed by atoms with Crippen molar-refractivity contribution < 1.29 is 9.84 Å². The van der Waals surface area contributed by atoms with Gasteiger partial charge in [0.1, 0.15) is 6.10 Å². The highest BCUT2D eigenvalue weighted by molar-refractivity contribution is 7.10. The van der Waals surface area contributed by atoms with E-state index in [9.17, 15) is 10.4 Å². The molecule has 1 aliphatic rings. The van der Waals surface area contributed by atoms with Gasteiger partial charge in [0.2, 0.25) is 0 Å². The van der Waals surface area contributed by atoms with Gasteiger partial charge in [-0.1, -0.05) is 11.6 Å². The van der Waals surface area contributed by atoms with Crippen molar-refractivity contribution in [1.82, 2.24) is 0 Å². The lowest BCUT2D eigenvalue weighted by Gasteiger charge is -2.34. The molecule has 1 fully saturated rings. The molecule has 0 spiro atoms. The number of ether oxygens (including phenoxy) is 1. The summed E-state index contributed by atoms with van der Waals surface area (Å²) in [6, 6.07) is 3.99. The lowest BCUT2D eigenvalue weighted by molar-refractivity contribution is -0.0295. The summed E-state index contributed by atoms with van der Waals surface area (Å²) in [5.41, 5.74) is -0.716. The van der Waals surface area contributed by atoms with E-state index in [2.05, 4.69) is 6.07 Å². The molecule has 1 aromatic rings. The van der Waals surface area contributed by atoms with Gasteiger partial charge in [-0.25, -0.2) is 0 Å². The summed E-state index contributed by atoms with van der Waals surface area (Å²) in [6.07, 6.45) is 0.374. The van der Waals surface area contributed by atoms with Crippen molar-refractivity contribution >= 4 is 22.9 Å². The van der Waals surface area contributed by atoms with Crippen molar-refractivity contribution in [1.29, 1.82) is 5.26 Å². The standard InChI is InChI=1S/C11H12ClNO2S/c12-8-5-9(16-6-8)10(14)11(7-13)1-3-15-4-2-11/h5-6,10,14H,1-4H2. The fraction of sp³-hybridized carbons (Fsp3) is 0.545. The van der Waals surface area contributed by atoms with Gasteiger partial charge in [0, 0.05) is 23.5 Å². The third kappa shape index (κ3) is 2.09. The Hall–Kier alpha value is -0.600. The van der Waals surface area contributed by atoms with E-state index in [0.29, 0.717) is 31.1 Å². The average molecular weight is 258 g/mol. The third-order valence-corrected chi connectivity index (χ3v) is 4.32. The molecule has 0 aromatic carbocycles. The first kappa shape index (κ1) is 11.9. The maximum absolute atomic E-state index is 10.3. The van der Waals surface area contributed by atoms with Crippen LogP contribution in [0.4, 0.5) is 0 Å². The van der Waals surface area contributed by atoms with Gasteiger partial charge in [0.25, 0.3) is 0 Å². The molecule has 0 bridgehead atoms. The number of nitrogens with zero attached hydrogens (tertiary/aromatic N) is 1. The van der Waals surface area contributed by atoms with Crippen molar-refractivity contribution in [3.8, 4) is 6.07 Å². The zero-order valence-electron chi connectivity index (χ0n) is 8.65. The smallest absolute Gasteiger partial charge is 0.107 e. The monoisotopic (exact) mass is 257 g/mol. The topological polar surface area (TPSA) is 53.2 Å². The molecule has 0 aliphatic carbocycles. The fourth-order valence-electron chi connectivity index (χ4n) is 1.93. The summed E-state index contributed by atoms with van der Waals surface area (Å²) < 4.78 is 5.23. The van der Waals surface area contributed by atoms with Crippen LogP contribution < -0.4 is 0 Å². The minimum absolute atomic E-state index is 0.531. The van der Waals surface area contributed by atoms with Crippen molar-refractivity contribution in [2.45, 2.75) is 18.9 Å². The van der Waals surface area contributed by atoms with E-state index in [1.54, 1.807) is 11.4 Å². The fourth-order valence-corrected chi connectivity index (χ4v) is 3.11. The summed E-state index contributed by atoms with van der Waals surface area (Å²) >= 11 is 7.22. The molecule has 1 unspecified atom stereocenters. The maximum Gasteiger partial charge on any atom is 0.107 e. The third-order valence-electron chi connectivity index (χ3n) is 2.99. The van der Waals surface area contributed by atoms with E-state index in [1.165, 1.54) is 11.3 Å². The summed E-state index contributed by atoms with van der Waals surface area (Å²) in [5, 5.41) is 21.9. The summed E-state index contributed by atoms with van der Waals surface area (Å²) in [7, 11) is 0. The number of hydrogen-bond acceptors (Lipinski definition) is 4. The van der Waals surface area contributed by atoms with Crippen molar-refractivity contribution in [2.24, 2.45) is 5.41 Å². The molecule has 86 valence electrons. The molecule has 1 N–H and O–H groups in total. The van der Waals surface area contributed by atoms with Crippen LogP contribution in [0.5, 0.6) is 0 Å². The zero-order valence-corrected chi connectivity index (χ0v) is 10.2.